The van der Waals surface area contributed by atoms with Crippen molar-refractivity contribution in [1.29, 1.82) is 0 Å². The standard InChI is InChI=1S/C31H37F3N8O3/c1-20(2)40-17-18-41(25(19-40)28(44)35-3)29(45)22-6-8-23(9-7-22)36-30-37-27-24(5-4-14-42(27)38-30)21-11-15-39(16-12-21)26(43)10-13-31(32,33)34/h4-9,11,14,20,25H,10,12-13,15-19H2,1-3H3,(H,35,44)(H,36,38). The van der Waals surface area contributed by atoms with Crippen LogP contribution in [0, 0.1) is 0 Å². The maximum absolute atomic E-state index is 13.4. The number of halogens is 3. The van der Waals surface area contributed by atoms with Crippen molar-refractivity contribution in [3.05, 3.63) is 59.8 Å². The number of amides is 3. The molecular weight excluding hydrogens is 589 g/mol. The molecule has 45 heavy (non-hydrogen) atoms. The summed E-state index contributed by atoms with van der Waals surface area (Å²) in [6.45, 7) is 6.31. The summed E-state index contributed by atoms with van der Waals surface area (Å²) in [6.07, 6.45) is -1.95. The molecule has 14 heteroatoms. The Morgan fingerprint density at radius 2 is 1.82 bits per heavy atom. The summed E-state index contributed by atoms with van der Waals surface area (Å²) < 4.78 is 39.2. The van der Waals surface area contributed by atoms with Gasteiger partial charge in [-0.25, -0.2) is 4.52 Å². The monoisotopic (exact) mass is 626 g/mol. The van der Waals surface area contributed by atoms with E-state index in [4.69, 9.17) is 0 Å². The molecule has 0 saturated carbocycles. The normalized spacial score (nSPS) is 17.8. The largest absolute Gasteiger partial charge is 0.389 e. The topological polar surface area (TPSA) is 115 Å². The van der Waals surface area contributed by atoms with Crippen LogP contribution in [0.4, 0.5) is 24.8 Å². The Kier molecular flexibility index (Phi) is 9.42. The highest BCUT2D eigenvalue weighted by Crippen LogP contribution is 2.28. The molecule has 0 radical (unpaired) electrons. The van der Waals surface area contributed by atoms with Crippen molar-refractivity contribution in [2.24, 2.45) is 0 Å². The fraction of sp³-hybridized carbons (Fsp3) is 0.452. The van der Waals surface area contributed by atoms with E-state index >= 15 is 0 Å². The van der Waals surface area contributed by atoms with E-state index in [-0.39, 0.29) is 24.4 Å². The second-order valence-corrected chi connectivity index (χ2v) is 11.5. The predicted molar refractivity (Wildman–Crippen MR) is 163 cm³/mol. The Morgan fingerprint density at radius 3 is 2.47 bits per heavy atom. The lowest BCUT2D eigenvalue weighted by Gasteiger charge is -2.42. The van der Waals surface area contributed by atoms with E-state index in [0.29, 0.717) is 55.4 Å². The maximum Gasteiger partial charge on any atom is 0.389 e. The molecule has 240 valence electrons. The Morgan fingerprint density at radius 1 is 1.07 bits per heavy atom. The van der Waals surface area contributed by atoms with Crippen molar-refractivity contribution >= 4 is 40.6 Å². The number of carbonyl (C=O) groups excluding carboxylic acids is 3. The Labute approximate surface area is 259 Å². The van der Waals surface area contributed by atoms with Gasteiger partial charge in [-0.2, -0.15) is 18.2 Å². The summed E-state index contributed by atoms with van der Waals surface area (Å²) in [5.41, 5.74) is 3.49. The quantitative estimate of drug-likeness (QED) is 0.392. The zero-order valence-corrected chi connectivity index (χ0v) is 25.5. The van der Waals surface area contributed by atoms with Crippen LogP contribution in [0.1, 0.15) is 49.0 Å². The van der Waals surface area contributed by atoms with Crippen molar-refractivity contribution < 1.29 is 27.6 Å². The molecule has 0 bridgehead atoms. The van der Waals surface area contributed by atoms with E-state index in [2.05, 4.69) is 39.5 Å². The fourth-order valence-electron chi connectivity index (χ4n) is 5.66. The lowest BCUT2D eigenvalue weighted by Crippen LogP contribution is -2.61. The minimum atomic E-state index is -4.36. The van der Waals surface area contributed by atoms with Crippen molar-refractivity contribution in [2.75, 3.05) is 45.1 Å². The molecule has 3 amide bonds. The molecule has 1 aromatic carbocycles. The third-order valence-electron chi connectivity index (χ3n) is 8.23. The summed E-state index contributed by atoms with van der Waals surface area (Å²) in [6, 6.07) is 10.3. The summed E-state index contributed by atoms with van der Waals surface area (Å²) in [5.74, 6) is -0.579. The molecule has 1 fully saturated rings. The molecule has 3 aromatic rings. The number of aromatic nitrogens is 3. The van der Waals surface area contributed by atoms with Gasteiger partial charge in [-0.1, -0.05) is 6.08 Å². The number of benzene rings is 1. The lowest BCUT2D eigenvalue weighted by atomic mass is 10.00. The van der Waals surface area contributed by atoms with Gasteiger partial charge in [-0.3, -0.25) is 19.3 Å². The zero-order chi connectivity index (χ0) is 32.3. The number of fused-ring (bicyclic) bond motifs is 1. The summed E-state index contributed by atoms with van der Waals surface area (Å²) in [7, 11) is 1.57. The zero-order valence-electron chi connectivity index (χ0n) is 25.5. The van der Waals surface area contributed by atoms with Gasteiger partial charge in [0.25, 0.3) is 5.91 Å². The minimum Gasteiger partial charge on any atom is -0.357 e. The van der Waals surface area contributed by atoms with Gasteiger partial charge in [0, 0.05) is 75.2 Å². The molecule has 0 spiro atoms. The highest BCUT2D eigenvalue weighted by atomic mass is 19.4. The van der Waals surface area contributed by atoms with Crippen LogP contribution in [0.5, 0.6) is 0 Å². The van der Waals surface area contributed by atoms with Gasteiger partial charge in [0.1, 0.15) is 6.04 Å². The molecule has 0 aliphatic carbocycles. The van der Waals surface area contributed by atoms with E-state index in [9.17, 15) is 27.6 Å². The molecular formula is C31H37F3N8O3. The second kappa shape index (κ2) is 13.3. The summed E-state index contributed by atoms with van der Waals surface area (Å²) >= 11 is 0. The molecule has 4 heterocycles. The number of anilines is 2. The molecule has 1 atom stereocenters. The average molecular weight is 627 g/mol. The first-order valence-corrected chi connectivity index (χ1v) is 15.0. The first-order chi connectivity index (χ1) is 21.4. The van der Waals surface area contributed by atoms with Crippen LogP contribution in [0.2, 0.25) is 0 Å². The van der Waals surface area contributed by atoms with Crippen LogP contribution < -0.4 is 10.6 Å². The Bertz CT molecular complexity index is 1580. The summed E-state index contributed by atoms with van der Waals surface area (Å²) in [4.78, 5) is 48.2. The van der Waals surface area contributed by atoms with E-state index in [1.165, 1.54) is 4.90 Å². The number of hydrogen-bond acceptors (Lipinski definition) is 7. The molecule has 1 unspecified atom stereocenters. The van der Waals surface area contributed by atoms with Gasteiger partial charge in [0.2, 0.25) is 17.8 Å². The van der Waals surface area contributed by atoms with Crippen LogP contribution >= 0.6 is 0 Å². The number of piperazine rings is 1. The van der Waals surface area contributed by atoms with Gasteiger partial charge >= 0.3 is 6.18 Å². The van der Waals surface area contributed by atoms with Crippen molar-refractivity contribution in [3.63, 3.8) is 0 Å². The molecule has 2 aliphatic rings. The number of hydrogen-bond donors (Lipinski definition) is 2. The van der Waals surface area contributed by atoms with Gasteiger partial charge in [-0.05, 0) is 62.2 Å². The number of pyridine rings is 1. The van der Waals surface area contributed by atoms with Crippen molar-refractivity contribution in [2.45, 2.75) is 51.4 Å². The average Bonchev–Trinajstić information content (AvgIpc) is 3.45. The third kappa shape index (κ3) is 7.44. The fourth-order valence-corrected chi connectivity index (χ4v) is 5.66. The highest BCUT2D eigenvalue weighted by Gasteiger charge is 2.36. The Balaban J connectivity index is 1.26. The summed E-state index contributed by atoms with van der Waals surface area (Å²) in [5, 5.41) is 10.4. The van der Waals surface area contributed by atoms with Crippen LogP contribution in [0.3, 0.4) is 0 Å². The smallest absolute Gasteiger partial charge is 0.357 e. The Hall–Kier alpha value is -4.46. The molecule has 1 saturated heterocycles. The molecule has 2 aromatic heterocycles. The van der Waals surface area contributed by atoms with E-state index in [1.54, 1.807) is 46.9 Å². The lowest BCUT2D eigenvalue weighted by molar-refractivity contribution is -0.148. The molecule has 11 nitrogen and oxygen atoms in total. The van der Waals surface area contributed by atoms with Crippen LogP contribution in [-0.2, 0) is 9.59 Å². The van der Waals surface area contributed by atoms with E-state index in [0.717, 1.165) is 11.1 Å². The van der Waals surface area contributed by atoms with Gasteiger partial charge in [0.05, 0.1) is 6.42 Å². The first-order valence-electron chi connectivity index (χ1n) is 15.0. The maximum atomic E-state index is 13.4. The van der Waals surface area contributed by atoms with Gasteiger partial charge in [0.15, 0.2) is 5.65 Å². The van der Waals surface area contributed by atoms with Gasteiger partial charge in [-0.15, -0.1) is 5.10 Å². The van der Waals surface area contributed by atoms with E-state index in [1.807, 2.05) is 18.2 Å². The molecule has 2 aliphatic heterocycles. The highest BCUT2D eigenvalue weighted by molar-refractivity contribution is 5.98. The molecule has 2 N–H and O–H groups in total. The number of rotatable bonds is 8. The second-order valence-electron chi connectivity index (χ2n) is 11.5. The van der Waals surface area contributed by atoms with Crippen molar-refractivity contribution in [1.82, 2.24) is 34.6 Å². The minimum absolute atomic E-state index is 0.194. The van der Waals surface area contributed by atoms with Crippen LogP contribution in [0.15, 0.2) is 48.7 Å². The van der Waals surface area contributed by atoms with Crippen LogP contribution in [-0.4, -0.2) is 105 Å². The number of likely N-dealkylation sites (N-methyl/N-ethyl adjacent to an activating group) is 1. The number of alkyl halides is 3. The number of carbonyl (C=O) groups is 3. The number of nitrogens with zero attached hydrogens (tertiary/aromatic N) is 6. The van der Waals surface area contributed by atoms with E-state index < -0.39 is 31.0 Å². The van der Waals surface area contributed by atoms with Gasteiger partial charge < -0.3 is 20.4 Å². The third-order valence-corrected chi connectivity index (χ3v) is 8.23. The van der Waals surface area contributed by atoms with Crippen LogP contribution in [0.25, 0.3) is 11.2 Å². The number of nitrogens with one attached hydrogen (secondary N) is 2. The van der Waals surface area contributed by atoms with Crippen molar-refractivity contribution in [3.8, 4) is 0 Å². The predicted octanol–water partition coefficient (Wildman–Crippen LogP) is 3.71. The molecule has 5 rings (SSSR count). The first kappa shape index (κ1) is 31.9. The SMILES string of the molecule is CNC(=O)C1CN(C(C)C)CCN1C(=O)c1ccc(Nc2nc3c(C4=CCN(C(=O)CCC(F)(F)F)CC4)cccn3n2)cc1.